The number of methoxy groups -OCH3 is 1. The van der Waals surface area contributed by atoms with Crippen LogP contribution in [0.1, 0.15) is 45.3 Å². The Kier molecular flexibility index (Phi) is 7.20. The van der Waals surface area contributed by atoms with Crippen molar-refractivity contribution < 1.29 is 23.7 Å². The highest BCUT2D eigenvalue weighted by atomic mass is 32.2. The molecule has 0 saturated heterocycles. The number of hydrogen-bond donors (Lipinski definition) is 1. The third-order valence-electron chi connectivity index (χ3n) is 5.57. The van der Waals surface area contributed by atoms with E-state index < -0.39 is 12.1 Å². The maximum atomic E-state index is 13.3. The van der Waals surface area contributed by atoms with Crippen LogP contribution in [0.5, 0.6) is 11.5 Å². The van der Waals surface area contributed by atoms with Gasteiger partial charge in [-0.25, -0.2) is 4.90 Å². The normalized spacial score (nSPS) is 14.2. The summed E-state index contributed by atoms with van der Waals surface area (Å²) in [6, 6.07) is 12.3. The summed E-state index contributed by atoms with van der Waals surface area (Å²) in [4.78, 5) is 42.5. The summed E-state index contributed by atoms with van der Waals surface area (Å²) < 4.78 is 12.3. The quantitative estimate of drug-likeness (QED) is 0.176. The summed E-state index contributed by atoms with van der Waals surface area (Å²) in [6.07, 6.45) is 1.21. The van der Waals surface area contributed by atoms with Crippen LogP contribution in [-0.2, 0) is 9.59 Å². The van der Waals surface area contributed by atoms with Gasteiger partial charge in [-0.2, -0.15) is 0 Å². The summed E-state index contributed by atoms with van der Waals surface area (Å²) in [6.45, 7) is 4.87. The SMILES string of the molecule is CCCCSc1n[n+]2c(c(=O)[nH]1)-c1ccccc1N(C(C)=O)C2c1ccc(OC)c(OC(C)=O)c1. The van der Waals surface area contributed by atoms with Crippen molar-refractivity contribution in [3.63, 3.8) is 0 Å². The van der Waals surface area contributed by atoms with E-state index in [2.05, 4.69) is 11.9 Å². The maximum Gasteiger partial charge on any atom is 0.325 e. The number of carbonyl (C=O) groups excluding carboxylic acids is 2. The molecule has 0 radical (unpaired) electrons. The van der Waals surface area contributed by atoms with Gasteiger partial charge < -0.3 is 9.47 Å². The van der Waals surface area contributed by atoms with E-state index in [0.29, 0.717) is 33.4 Å². The van der Waals surface area contributed by atoms with Crippen LogP contribution in [0.2, 0.25) is 0 Å². The van der Waals surface area contributed by atoms with Gasteiger partial charge in [0.1, 0.15) is 0 Å². The number of ether oxygens (including phenoxy) is 2. The minimum absolute atomic E-state index is 0.212. The second-order valence-electron chi connectivity index (χ2n) is 8.04. The highest BCUT2D eigenvalue weighted by Crippen LogP contribution is 2.39. The molecule has 10 heteroatoms. The second-order valence-corrected chi connectivity index (χ2v) is 9.12. The zero-order valence-corrected chi connectivity index (χ0v) is 20.8. The predicted molar refractivity (Wildman–Crippen MR) is 132 cm³/mol. The predicted octanol–water partition coefficient (Wildman–Crippen LogP) is 3.46. The number of anilines is 1. The van der Waals surface area contributed by atoms with Gasteiger partial charge in [-0.05, 0) is 41.4 Å². The van der Waals surface area contributed by atoms with Crippen molar-refractivity contribution in [2.75, 3.05) is 17.8 Å². The number of carbonyl (C=O) groups is 2. The molecule has 1 N–H and O–H groups in total. The average Bonchev–Trinajstić information content (AvgIpc) is 2.82. The fourth-order valence-electron chi connectivity index (χ4n) is 4.08. The molecular formula is C25H27N4O5S+. The lowest BCUT2D eigenvalue weighted by atomic mass is 10.0. The first-order chi connectivity index (χ1) is 16.8. The van der Waals surface area contributed by atoms with Gasteiger partial charge in [0.2, 0.25) is 11.1 Å². The summed E-state index contributed by atoms with van der Waals surface area (Å²) in [5.74, 6) is 0.650. The molecule has 0 saturated carbocycles. The van der Waals surface area contributed by atoms with Crippen molar-refractivity contribution in [1.29, 1.82) is 0 Å². The lowest BCUT2D eigenvalue weighted by Crippen LogP contribution is -2.60. The molecule has 3 aromatic rings. The van der Waals surface area contributed by atoms with Crippen molar-refractivity contribution in [3.8, 4) is 22.8 Å². The molecule has 1 unspecified atom stereocenters. The Morgan fingerprint density at radius 1 is 1.17 bits per heavy atom. The van der Waals surface area contributed by atoms with Crippen molar-refractivity contribution in [2.24, 2.45) is 0 Å². The first-order valence-electron chi connectivity index (χ1n) is 11.3. The number of H-pyrrole nitrogens is 1. The van der Waals surface area contributed by atoms with Gasteiger partial charge >= 0.3 is 17.2 Å². The van der Waals surface area contributed by atoms with Crippen molar-refractivity contribution in [2.45, 2.75) is 44.9 Å². The van der Waals surface area contributed by atoms with E-state index in [1.165, 1.54) is 32.7 Å². The van der Waals surface area contributed by atoms with Crippen molar-refractivity contribution >= 4 is 29.3 Å². The van der Waals surface area contributed by atoms with Crippen molar-refractivity contribution in [1.82, 2.24) is 10.1 Å². The number of rotatable bonds is 7. The van der Waals surface area contributed by atoms with Crippen LogP contribution in [0, 0.1) is 0 Å². The third kappa shape index (κ3) is 4.79. The van der Waals surface area contributed by atoms with E-state index in [9.17, 15) is 14.4 Å². The summed E-state index contributed by atoms with van der Waals surface area (Å²) in [7, 11) is 1.48. The molecular weight excluding hydrogens is 468 g/mol. The van der Waals surface area contributed by atoms with Crippen LogP contribution >= 0.6 is 11.8 Å². The molecule has 1 aliphatic heterocycles. The number of para-hydroxylation sites is 1. The first kappa shape index (κ1) is 24.5. The van der Waals surface area contributed by atoms with Crippen molar-refractivity contribution in [3.05, 3.63) is 58.4 Å². The number of esters is 1. The van der Waals surface area contributed by atoms with Gasteiger partial charge in [-0.15, -0.1) is 0 Å². The number of benzene rings is 2. The van der Waals surface area contributed by atoms with Gasteiger partial charge in [0.05, 0.1) is 18.4 Å². The Balaban J connectivity index is 1.97. The molecule has 9 nitrogen and oxygen atoms in total. The Labute approximate surface area is 207 Å². The maximum absolute atomic E-state index is 13.3. The Morgan fingerprint density at radius 2 is 1.94 bits per heavy atom. The Bertz CT molecular complexity index is 1340. The third-order valence-corrected chi connectivity index (χ3v) is 6.52. The zero-order valence-electron chi connectivity index (χ0n) is 20.0. The minimum Gasteiger partial charge on any atom is -0.493 e. The standard InChI is InChI=1S/C25H26N4O5S/c1-5-6-13-35-25-26-23(32)22-18-9-7-8-10-19(18)28(15(2)30)24(29(22)27-25)17-11-12-20(33-4)21(14-17)34-16(3)31/h7-12,14,24H,5-6,13H2,1-4H3/p+1. The number of amides is 1. The summed E-state index contributed by atoms with van der Waals surface area (Å²) in [5.41, 5.74) is 1.84. The molecule has 35 heavy (non-hydrogen) atoms. The molecule has 0 fully saturated rings. The van der Waals surface area contributed by atoms with E-state index >= 15 is 0 Å². The van der Waals surface area contributed by atoms with Gasteiger partial charge in [0.15, 0.2) is 11.5 Å². The molecule has 4 rings (SSSR count). The van der Waals surface area contributed by atoms with Crippen LogP contribution in [0.4, 0.5) is 5.69 Å². The molecule has 1 atom stereocenters. The molecule has 0 spiro atoms. The van der Waals surface area contributed by atoms with Crippen LogP contribution < -0.4 is 24.6 Å². The number of fused-ring (bicyclic) bond motifs is 3. The molecule has 182 valence electrons. The number of nitrogens with one attached hydrogen (secondary N) is 1. The molecule has 2 heterocycles. The van der Waals surface area contributed by atoms with Crippen LogP contribution in [0.3, 0.4) is 0 Å². The number of nitrogens with zero attached hydrogens (tertiary/aromatic N) is 3. The van der Waals surface area contributed by atoms with Gasteiger partial charge in [-0.1, -0.05) is 37.2 Å². The number of hydrogen-bond acceptors (Lipinski definition) is 7. The average molecular weight is 496 g/mol. The molecule has 1 amide bonds. The highest BCUT2D eigenvalue weighted by Gasteiger charge is 2.45. The topological polar surface area (TPSA) is 105 Å². The molecule has 0 aliphatic carbocycles. The van der Waals surface area contributed by atoms with Crippen LogP contribution in [0.25, 0.3) is 11.3 Å². The second kappa shape index (κ2) is 10.3. The van der Waals surface area contributed by atoms with E-state index in [1.54, 1.807) is 39.9 Å². The molecule has 1 aliphatic rings. The lowest BCUT2D eigenvalue weighted by molar-refractivity contribution is -0.763. The molecule has 1 aromatic heterocycles. The summed E-state index contributed by atoms with van der Waals surface area (Å²) in [5, 5.41) is 5.23. The van der Waals surface area contributed by atoms with E-state index in [1.807, 2.05) is 12.1 Å². The van der Waals surface area contributed by atoms with E-state index in [4.69, 9.17) is 14.6 Å². The summed E-state index contributed by atoms with van der Waals surface area (Å²) >= 11 is 1.46. The van der Waals surface area contributed by atoms with E-state index in [0.717, 1.165) is 18.6 Å². The molecule has 0 bridgehead atoms. The number of aromatic nitrogens is 3. The number of thioether (sulfide) groups is 1. The van der Waals surface area contributed by atoms with Gasteiger partial charge in [0, 0.05) is 30.3 Å². The largest absolute Gasteiger partial charge is 0.493 e. The zero-order chi connectivity index (χ0) is 25.1. The first-order valence-corrected chi connectivity index (χ1v) is 12.3. The van der Waals surface area contributed by atoms with Gasteiger partial charge in [-0.3, -0.25) is 19.4 Å². The Morgan fingerprint density at radius 3 is 2.63 bits per heavy atom. The molecule has 2 aromatic carbocycles. The van der Waals surface area contributed by atoms with Crippen LogP contribution in [0.15, 0.2) is 52.4 Å². The fourth-order valence-corrected chi connectivity index (χ4v) is 5.02. The smallest absolute Gasteiger partial charge is 0.325 e. The monoisotopic (exact) mass is 495 g/mol. The highest BCUT2D eigenvalue weighted by molar-refractivity contribution is 7.99. The van der Waals surface area contributed by atoms with E-state index in [-0.39, 0.29) is 17.2 Å². The Hall–Kier alpha value is -3.66. The number of aromatic amines is 1. The van der Waals surface area contributed by atoms with Gasteiger partial charge in [0.25, 0.3) is 6.17 Å². The van der Waals surface area contributed by atoms with Crippen LogP contribution in [-0.4, -0.2) is 34.8 Å². The minimum atomic E-state index is -0.787. The fraction of sp³-hybridized carbons (Fsp3) is 0.320. The number of unbranched alkanes of at least 4 members (excludes halogenated alkanes) is 1. The lowest BCUT2D eigenvalue weighted by Gasteiger charge is -2.31.